The number of carbonyl (C=O) groups excluding carboxylic acids is 2. The topological polar surface area (TPSA) is 89.5 Å². The van der Waals surface area contributed by atoms with E-state index in [4.69, 9.17) is 4.74 Å². The van der Waals surface area contributed by atoms with Gasteiger partial charge in [-0.3, -0.25) is 4.79 Å². The maximum atomic E-state index is 12.0. The molecule has 0 saturated heterocycles. The van der Waals surface area contributed by atoms with Gasteiger partial charge in [0.05, 0.1) is 12.2 Å². The fraction of sp³-hybridized carbons (Fsp3) is 0.538. The first-order chi connectivity index (χ1) is 9.70. The third-order valence-electron chi connectivity index (χ3n) is 2.88. The van der Waals surface area contributed by atoms with E-state index in [0.717, 1.165) is 11.1 Å². The number of hydrogen-bond acceptors (Lipinski definition) is 6. The Kier molecular flexibility index (Phi) is 5.91. The lowest BCUT2D eigenvalue weighted by Crippen LogP contribution is -2.32. The summed E-state index contributed by atoms with van der Waals surface area (Å²) in [5.74, 6) is -1.19. The van der Waals surface area contributed by atoms with Gasteiger partial charge in [-0.25, -0.2) is 13.2 Å². The maximum Gasteiger partial charge on any atom is 0.341 e. The van der Waals surface area contributed by atoms with E-state index in [-0.39, 0.29) is 12.2 Å². The molecule has 0 aliphatic carbocycles. The van der Waals surface area contributed by atoms with Crippen molar-refractivity contribution < 1.29 is 22.7 Å². The normalized spacial score (nSPS) is 12.8. The molecule has 1 heterocycles. The van der Waals surface area contributed by atoms with E-state index in [2.05, 4.69) is 5.32 Å². The second-order valence-corrected chi connectivity index (χ2v) is 7.99. The molecule has 0 saturated carbocycles. The minimum absolute atomic E-state index is 0.225. The lowest BCUT2D eigenvalue weighted by molar-refractivity contribution is -0.115. The van der Waals surface area contributed by atoms with E-state index in [1.54, 1.807) is 13.0 Å². The molecule has 1 atom stereocenters. The molecule has 1 amide bonds. The van der Waals surface area contributed by atoms with Crippen LogP contribution in [0.5, 0.6) is 0 Å². The first-order valence-electron chi connectivity index (χ1n) is 6.50. The van der Waals surface area contributed by atoms with E-state index < -0.39 is 27.0 Å². The van der Waals surface area contributed by atoms with Gasteiger partial charge in [-0.2, -0.15) is 0 Å². The van der Waals surface area contributed by atoms with Crippen molar-refractivity contribution in [2.24, 2.45) is 0 Å². The average molecular weight is 333 g/mol. The molecule has 1 aromatic heterocycles. The van der Waals surface area contributed by atoms with Crippen LogP contribution in [-0.4, -0.2) is 38.4 Å². The Hall–Kier alpha value is -1.41. The van der Waals surface area contributed by atoms with Crippen LogP contribution in [0.25, 0.3) is 0 Å². The standard InChI is InChI=1S/C13H19NO5S2/c1-5-9-7-10(13(16)19-6-2)12(20-9)14-11(15)8(3)21(4,17)18/h7-8H,5-6H2,1-4H3,(H,14,15). The van der Waals surface area contributed by atoms with Crippen molar-refractivity contribution in [3.05, 3.63) is 16.5 Å². The van der Waals surface area contributed by atoms with Crippen LogP contribution in [0.3, 0.4) is 0 Å². The lowest BCUT2D eigenvalue weighted by atomic mass is 10.2. The minimum Gasteiger partial charge on any atom is -0.462 e. The van der Waals surface area contributed by atoms with Gasteiger partial charge in [-0.15, -0.1) is 11.3 Å². The average Bonchev–Trinajstić information content (AvgIpc) is 2.80. The number of anilines is 1. The molecule has 1 rings (SSSR count). The van der Waals surface area contributed by atoms with E-state index in [0.29, 0.717) is 11.4 Å². The molecule has 0 spiro atoms. The molecule has 0 radical (unpaired) electrons. The zero-order valence-electron chi connectivity index (χ0n) is 12.4. The fourth-order valence-corrected chi connectivity index (χ4v) is 2.91. The van der Waals surface area contributed by atoms with Crippen molar-refractivity contribution >= 4 is 38.1 Å². The highest BCUT2D eigenvalue weighted by Crippen LogP contribution is 2.29. The highest BCUT2D eigenvalue weighted by atomic mass is 32.2. The fourth-order valence-electron chi connectivity index (χ4n) is 1.48. The van der Waals surface area contributed by atoms with Gasteiger partial charge < -0.3 is 10.1 Å². The summed E-state index contributed by atoms with van der Waals surface area (Å²) < 4.78 is 27.7. The molecule has 118 valence electrons. The number of ether oxygens (including phenoxy) is 1. The largest absolute Gasteiger partial charge is 0.462 e. The van der Waals surface area contributed by atoms with Gasteiger partial charge in [0.25, 0.3) is 0 Å². The Morgan fingerprint density at radius 2 is 2.00 bits per heavy atom. The number of aryl methyl sites for hydroxylation is 1. The smallest absolute Gasteiger partial charge is 0.341 e. The quantitative estimate of drug-likeness (QED) is 0.803. The van der Waals surface area contributed by atoms with Gasteiger partial charge in [-0.1, -0.05) is 6.92 Å². The van der Waals surface area contributed by atoms with Crippen LogP contribution in [0.4, 0.5) is 5.00 Å². The Morgan fingerprint density at radius 1 is 1.38 bits per heavy atom. The van der Waals surface area contributed by atoms with E-state index in [1.165, 1.54) is 18.3 Å². The summed E-state index contributed by atoms with van der Waals surface area (Å²) >= 11 is 1.24. The maximum absolute atomic E-state index is 12.0. The molecule has 0 aliphatic heterocycles. The molecular weight excluding hydrogens is 314 g/mol. The molecule has 1 aromatic rings. The Bertz CT molecular complexity index is 633. The van der Waals surface area contributed by atoms with Crippen LogP contribution in [0.2, 0.25) is 0 Å². The van der Waals surface area contributed by atoms with Crippen molar-refractivity contribution in [2.75, 3.05) is 18.2 Å². The van der Waals surface area contributed by atoms with E-state index in [1.807, 2.05) is 6.92 Å². The summed E-state index contributed by atoms with van der Waals surface area (Å²) in [6.45, 7) is 5.15. The van der Waals surface area contributed by atoms with Gasteiger partial charge in [0.2, 0.25) is 5.91 Å². The summed E-state index contributed by atoms with van der Waals surface area (Å²) in [5, 5.41) is 1.65. The van der Waals surface area contributed by atoms with Gasteiger partial charge in [0.15, 0.2) is 9.84 Å². The predicted molar refractivity (Wildman–Crippen MR) is 82.6 cm³/mol. The molecule has 0 fully saturated rings. The minimum atomic E-state index is -3.49. The predicted octanol–water partition coefficient (Wildman–Crippen LogP) is 1.86. The number of esters is 1. The monoisotopic (exact) mass is 333 g/mol. The lowest BCUT2D eigenvalue weighted by Gasteiger charge is -2.10. The van der Waals surface area contributed by atoms with Crippen molar-refractivity contribution in [3.8, 4) is 0 Å². The summed E-state index contributed by atoms with van der Waals surface area (Å²) in [5.41, 5.74) is 0.257. The third kappa shape index (κ3) is 4.53. The molecule has 1 N–H and O–H groups in total. The highest BCUT2D eigenvalue weighted by molar-refractivity contribution is 7.92. The Morgan fingerprint density at radius 3 is 2.48 bits per heavy atom. The van der Waals surface area contributed by atoms with Crippen molar-refractivity contribution in [2.45, 2.75) is 32.4 Å². The number of thiophene rings is 1. The van der Waals surface area contributed by atoms with Crippen molar-refractivity contribution in [3.63, 3.8) is 0 Å². The van der Waals surface area contributed by atoms with Crippen LogP contribution in [0.15, 0.2) is 6.07 Å². The molecule has 21 heavy (non-hydrogen) atoms. The number of carbonyl (C=O) groups is 2. The molecule has 8 heteroatoms. The van der Waals surface area contributed by atoms with Gasteiger partial charge in [0, 0.05) is 11.1 Å². The summed E-state index contributed by atoms with van der Waals surface area (Å²) in [6.07, 6.45) is 1.70. The second kappa shape index (κ2) is 7.04. The molecule has 0 aliphatic rings. The summed E-state index contributed by atoms with van der Waals surface area (Å²) in [4.78, 5) is 24.7. The van der Waals surface area contributed by atoms with E-state index >= 15 is 0 Å². The number of sulfone groups is 1. The molecule has 0 bridgehead atoms. The number of hydrogen-bond donors (Lipinski definition) is 1. The van der Waals surface area contributed by atoms with E-state index in [9.17, 15) is 18.0 Å². The molecule has 6 nitrogen and oxygen atoms in total. The van der Waals surface area contributed by atoms with Crippen LogP contribution < -0.4 is 5.32 Å². The summed E-state index contributed by atoms with van der Waals surface area (Å²) in [6, 6.07) is 1.66. The Labute approximate surface area is 128 Å². The molecule has 0 aromatic carbocycles. The van der Waals surface area contributed by atoms with Crippen LogP contribution in [0, 0.1) is 0 Å². The first kappa shape index (κ1) is 17.6. The summed E-state index contributed by atoms with van der Waals surface area (Å²) in [7, 11) is -3.49. The van der Waals surface area contributed by atoms with Crippen LogP contribution in [-0.2, 0) is 25.8 Å². The van der Waals surface area contributed by atoms with Gasteiger partial charge in [0.1, 0.15) is 10.3 Å². The number of amides is 1. The zero-order valence-corrected chi connectivity index (χ0v) is 14.1. The highest BCUT2D eigenvalue weighted by Gasteiger charge is 2.26. The second-order valence-electron chi connectivity index (χ2n) is 4.49. The van der Waals surface area contributed by atoms with Gasteiger partial charge in [-0.05, 0) is 26.3 Å². The van der Waals surface area contributed by atoms with Crippen LogP contribution in [0.1, 0.15) is 36.0 Å². The van der Waals surface area contributed by atoms with Crippen molar-refractivity contribution in [1.29, 1.82) is 0 Å². The number of nitrogens with one attached hydrogen (secondary N) is 1. The van der Waals surface area contributed by atoms with Crippen molar-refractivity contribution in [1.82, 2.24) is 0 Å². The van der Waals surface area contributed by atoms with Gasteiger partial charge >= 0.3 is 5.97 Å². The number of rotatable bonds is 6. The molecule has 1 unspecified atom stereocenters. The third-order valence-corrected chi connectivity index (χ3v) is 5.57. The first-order valence-corrected chi connectivity index (χ1v) is 9.27. The molecular formula is C13H19NO5S2. The SMILES string of the molecule is CCOC(=O)c1cc(CC)sc1NC(=O)C(C)S(C)(=O)=O. The van der Waals surface area contributed by atoms with Crippen LogP contribution >= 0.6 is 11.3 Å². The Balaban J connectivity index is 3.04. The zero-order chi connectivity index (χ0) is 16.2.